The lowest BCUT2D eigenvalue weighted by atomic mass is 9.90. The molecule has 90 valence electrons. The van der Waals surface area contributed by atoms with Crippen LogP contribution in [0.3, 0.4) is 0 Å². The Hall–Kier alpha value is -1.10. The van der Waals surface area contributed by atoms with Gasteiger partial charge in [-0.1, -0.05) is 0 Å². The van der Waals surface area contributed by atoms with Crippen LogP contribution in [0.2, 0.25) is 0 Å². The molecular formula is C11H18N2O3. The number of nitrogens with one attached hydrogen (secondary N) is 1. The van der Waals surface area contributed by atoms with E-state index in [0.29, 0.717) is 19.5 Å². The lowest BCUT2D eigenvalue weighted by Crippen LogP contribution is -2.44. The maximum atomic E-state index is 12.0. The Morgan fingerprint density at radius 2 is 2.25 bits per heavy atom. The Labute approximate surface area is 94.8 Å². The van der Waals surface area contributed by atoms with Gasteiger partial charge in [0.15, 0.2) is 0 Å². The molecule has 0 aliphatic carbocycles. The van der Waals surface area contributed by atoms with Crippen LogP contribution >= 0.6 is 0 Å². The standard InChI is InChI=1S/C11H18N2O3/c1-11(10(15)16)4-6-13(7-11)9(14)8-3-2-5-12-8/h8,12H,2-7H2,1H3,(H,15,16)/t8-,11?/m1/s1. The molecule has 2 heterocycles. The van der Waals surface area contributed by atoms with Crippen molar-refractivity contribution in [1.29, 1.82) is 0 Å². The molecule has 2 rings (SSSR count). The fraction of sp³-hybridized carbons (Fsp3) is 0.818. The third-order valence-corrected chi connectivity index (χ3v) is 3.66. The first-order valence-corrected chi connectivity index (χ1v) is 5.78. The molecule has 2 aliphatic rings. The van der Waals surface area contributed by atoms with E-state index in [0.717, 1.165) is 19.4 Å². The van der Waals surface area contributed by atoms with Crippen LogP contribution in [0.25, 0.3) is 0 Å². The first kappa shape index (κ1) is 11.4. The van der Waals surface area contributed by atoms with E-state index >= 15 is 0 Å². The van der Waals surface area contributed by atoms with Gasteiger partial charge in [0.2, 0.25) is 5.91 Å². The number of carboxylic acids is 1. The summed E-state index contributed by atoms with van der Waals surface area (Å²) in [6.07, 6.45) is 2.46. The number of carbonyl (C=O) groups is 2. The van der Waals surface area contributed by atoms with Crippen molar-refractivity contribution in [2.45, 2.75) is 32.2 Å². The van der Waals surface area contributed by atoms with Crippen molar-refractivity contribution in [1.82, 2.24) is 10.2 Å². The van der Waals surface area contributed by atoms with Gasteiger partial charge < -0.3 is 15.3 Å². The molecule has 1 amide bonds. The van der Waals surface area contributed by atoms with E-state index < -0.39 is 11.4 Å². The molecule has 2 aliphatic heterocycles. The van der Waals surface area contributed by atoms with E-state index in [1.54, 1.807) is 11.8 Å². The molecule has 5 nitrogen and oxygen atoms in total. The highest BCUT2D eigenvalue weighted by Gasteiger charge is 2.43. The monoisotopic (exact) mass is 226 g/mol. The normalized spacial score (nSPS) is 34.3. The number of nitrogens with zero attached hydrogens (tertiary/aromatic N) is 1. The number of likely N-dealkylation sites (tertiary alicyclic amines) is 1. The Kier molecular flexibility index (Phi) is 2.88. The average Bonchev–Trinajstić information content (AvgIpc) is 2.85. The Bertz CT molecular complexity index is 312. The molecule has 0 aromatic carbocycles. The average molecular weight is 226 g/mol. The van der Waals surface area contributed by atoms with E-state index in [4.69, 9.17) is 5.11 Å². The zero-order chi connectivity index (χ0) is 11.8. The van der Waals surface area contributed by atoms with Crippen molar-refractivity contribution in [3.05, 3.63) is 0 Å². The smallest absolute Gasteiger partial charge is 0.311 e. The van der Waals surface area contributed by atoms with Gasteiger partial charge in [-0.15, -0.1) is 0 Å². The summed E-state index contributed by atoms with van der Waals surface area (Å²) in [4.78, 5) is 24.8. The molecule has 2 atom stereocenters. The van der Waals surface area contributed by atoms with Crippen molar-refractivity contribution in [2.75, 3.05) is 19.6 Å². The molecule has 1 unspecified atom stereocenters. The number of aliphatic carboxylic acids is 1. The van der Waals surface area contributed by atoms with Crippen LogP contribution in [0.5, 0.6) is 0 Å². The Balaban J connectivity index is 1.97. The van der Waals surface area contributed by atoms with Crippen molar-refractivity contribution in [2.24, 2.45) is 5.41 Å². The largest absolute Gasteiger partial charge is 0.481 e. The van der Waals surface area contributed by atoms with E-state index in [-0.39, 0.29) is 11.9 Å². The van der Waals surface area contributed by atoms with Crippen LogP contribution < -0.4 is 5.32 Å². The zero-order valence-corrected chi connectivity index (χ0v) is 9.53. The Morgan fingerprint density at radius 1 is 1.50 bits per heavy atom. The second kappa shape index (κ2) is 4.05. The molecular weight excluding hydrogens is 208 g/mol. The van der Waals surface area contributed by atoms with Gasteiger partial charge >= 0.3 is 5.97 Å². The van der Waals surface area contributed by atoms with Gasteiger partial charge in [0, 0.05) is 13.1 Å². The maximum Gasteiger partial charge on any atom is 0.311 e. The van der Waals surface area contributed by atoms with Gasteiger partial charge in [-0.2, -0.15) is 0 Å². The van der Waals surface area contributed by atoms with Crippen molar-refractivity contribution in [3.63, 3.8) is 0 Å². The van der Waals surface area contributed by atoms with E-state index in [1.807, 2.05) is 0 Å². The third kappa shape index (κ3) is 1.91. The van der Waals surface area contributed by atoms with Gasteiger partial charge in [0.05, 0.1) is 11.5 Å². The van der Waals surface area contributed by atoms with Crippen molar-refractivity contribution in [3.8, 4) is 0 Å². The molecule has 2 fully saturated rings. The first-order valence-electron chi connectivity index (χ1n) is 5.78. The number of carboxylic acid groups (broad SMARTS) is 1. The van der Waals surface area contributed by atoms with Gasteiger partial charge in [0.25, 0.3) is 0 Å². The van der Waals surface area contributed by atoms with Crippen molar-refractivity contribution >= 4 is 11.9 Å². The van der Waals surface area contributed by atoms with E-state index in [2.05, 4.69) is 5.32 Å². The first-order chi connectivity index (χ1) is 7.53. The van der Waals surface area contributed by atoms with E-state index in [9.17, 15) is 9.59 Å². The highest BCUT2D eigenvalue weighted by atomic mass is 16.4. The fourth-order valence-electron chi connectivity index (χ4n) is 2.44. The number of rotatable bonds is 2. The summed E-state index contributed by atoms with van der Waals surface area (Å²) in [5.41, 5.74) is -0.756. The fourth-order valence-corrected chi connectivity index (χ4v) is 2.44. The molecule has 0 radical (unpaired) electrons. The van der Waals surface area contributed by atoms with Gasteiger partial charge in [-0.05, 0) is 32.7 Å². The van der Waals surface area contributed by atoms with Crippen LogP contribution in [-0.4, -0.2) is 47.6 Å². The zero-order valence-electron chi connectivity index (χ0n) is 9.53. The quantitative estimate of drug-likeness (QED) is 0.698. The predicted molar refractivity (Wildman–Crippen MR) is 58.0 cm³/mol. The van der Waals surface area contributed by atoms with Crippen LogP contribution in [0.1, 0.15) is 26.2 Å². The number of hydrogen-bond acceptors (Lipinski definition) is 3. The van der Waals surface area contributed by atoms with Crippen LogP contribution in [0.4, 0.5) is 0 Å². The highest BCUT2D eigenvalue weighted by molar-refractivity contribution is 5.84. The second-order valence-corrected chi connectivity index (χ2v) is 5.02. The van der Waals surface area contributed by atoms with Gasteiger partial charge in [0.1, 0.15) is 0 Å². The van der Waals surface area contributed by atoms with Crippen LogP contribution in [0.15, 0.2) is 0 Å². The Morgan fingerprint density at radius 3 is 2.75 bits per heavy atom. The lowest BCUT2D eigenvalue weighted by molar-refractivity contribution is -0.147. The third-order valence-electron chi connectivity index (χ3n) is 3.66. The molecule has 0 aromatic rings. The SMILES string of the molecule is CC1(C(=O)O)CCN(C(=O)[C@H]2CCCN2)C1. The summed E-state index contributed by atoms with van der Waals surface area (Å²) >= 11 is 0. The minimum absolute atomic E-state index is 0.0717. The number of amides is 1. The second-order valence-electron chi connectivity index (χ2n) is 5.02. The molecule has 16 heavy (non-hydrogen) atoms. The van der Waals surface area contributed by atoms with Crippen LogP contribution in [-0.2, 0) is 9.59 Å². The summed E-state index contributed by atoms with van der Waals surface area (Å²) in [7, 11) is 0. The van der Waals surface area contributed by atoms with Crippen LogP contribution in [0, 0.1) is 5.41 Å². The summed E-state index contributed by atoms with van der Waals surface area (Å²) in [6.45, 7) is 3.52. The minimum Gasteiger partial charge on any atom is -0.481 e. The minimum atomic E-state index is -0.804. The topological polar surface area (TPSA) is 69.6 Å². The highest BCUT2D eigenvalue weighted by Crippen LogP contribution is 2.30. The lowest BCUT2D eigenvalue weighted by Gasteiger charge is -2.22. The predicted octanol–water partition coefficient (Wildman–Crippen LogP) is 0.0616. The van der Waals surface area contributed by atoms with E-state index in [1.165, 1.54) is 0 Å². The molecule has 0 saturated carbocycles. The molecule has 0 bridgehead atoms. The van der Waals surface area contributed by atoms with Gasteiger partial charge in [-0.25, -0.2) is 0 Å². The maximum absolute atomic E-state index is 12.0. The molecule has 2 saturated heterocycles. The summed E-state index contributed by atoms with van der Waals surface area (Å²) in [5.74, 6) is -0.732. The molecule has 5 heteroatoms. The van der Waals surface area contributed by atoms with Gasteiger partial charge in [-0.3, -0.25) is 9.59 Å². The molecule has 2 N–H and O–H groups in total. The summed E-state index contributed by atoms with van der Waals surface area (Å²) in [6, 6.07) is -0.0869. The molecule has 0 spiro atoms. The summed E-state index contributed by atoms with van der Waals surface area (Å²) in [5, 5.41) is 12.2. The molecule has 0 aromatic heterocycles. The summed E-state index contributed by atoms with van der Waals surface area (Å²) < 4.78 is 0. The number of hydrogen-bond donors (Lipinski definition) is 2. The van der Waals surface area contributed by atoms with Crippen molar-refractivity contribution < 1.29 is 14.7 Å². The number of carbonyl (C=O) groups excluding carboxylic acids is 1.